The molecule has 0 fully saturated rings. The molecular weight excluding hydrogens is 307 g/mol. The molecule has 0 radical (unpaired) electrons. The topological polar surface area (TPSA) is 38.7 Å². The standard InChI is InChI=1S/C20H17FO3/c1-23-20-12-16(24-13-14-5-3-2-4-6-14)8-10-18(20)17-9-7-15(22)11-19(17)21/h2-12,22H,13H2,1H3. The van der Waals surface area contributed by atoms with E-state index in [1.54, 1.807) is 18.2 Å². The largest absolute Gasteiger partial charge is 0.508 e. The van der Waals surface area contributed by atoms with Crippen LogP contribution in [0.25, 0.3) is 11.1 Å². The minimum atomic E-state index is -0.508. The Bertz CT molecular complexity index is 832. The van der Waals surface area contributed by atoms with Crippen LogP contribution in [-0.2, 0) is 6.61 Å². The molecule has 3 aromatic rings. The Balaban J connectivity index is 1.85. The predicted octanol–water partition coefficient (Wildman–Crippen LogP) is 4.79. The van der Waals surface area contributed by atoms with Crippen molar-refractivity contribution in [2.75, 3.05) is 7.11 Å². The fourth-order valence-electron chi connectivity index (χ4n) is 2.45. The number of halogens is 1. The fraction of sp³-hybridized carbons (Fsp3) is 0.100. The van der Waals surface area contributed by atoms with Crippen LogP contribution in [0.2, 0.25) is 0 Å². The highest BCUT2D eigenvalue weighted by molar-refractivity contribution is 5.72. The Kier molecular flexibility index (Phi) is 4.66. The maximum Gasteiger partial charge on any atom is 0.134 e. The highest BCUT2D eigenvalue weighted by atomic mass is 19.1. The van der Waals surface area contributed by atoms with Gasteiger partial charge in [0.25, 0.3) is 0 Å². The highest BCUT2D eigenvalue weighted by Gasteiger charge is 2.12. The summed E-state index contributed by atoms with van der Waals surface area (Å²) in [7, 11) is 1.53. The summed E-state index contributed by atoms with van der Waals surface area (Å²) in [6, 6.07) is 19.1. The first-order valence-electron chi connectivity index (χ1n) is 7.51. The number of methoxy groups -OCH3 is 1. The molecule has 0 saturated carbocycles. The molecule has 0 aliphatic carbocycles. The molecule has 0 spiro atoms. The Morgan fingerprint density at radius 3 is 2.38 bits per heavy atom. The zero-order valence-electron chi connectivity index (χ0n) is 13.2. The van der Waals surface area contributed by atoms with E-state index in [9.17, 15) is 9.50 Å². The SMILES string of the molecule is COc1cc(OCc2ccccc2)ccc1-c1ccc(O)cc1F. The molecule has 1 N–H and O–H groups in total. The molecule has 0 aliphatic rings. The van der Waals surface area contributed by atoms with Gasteiger partial charge in [-0.3, -0.25) is 0 Å². The van der Waals surface area contributed by atoms with E-state index >= 15 is 0 Å². The number of hydrogen-bond acceptors (Lipinski definition) is 3. The van der Waals surface area contributed by atoms with E-state index in [1.807, 2.05) is 30.3 Å². The Morgan fingerprint density at radius 2 is 1.67 bits per heavy atom. The van der Waals surface area contributed by atoms with Crippen molar-refractivity contribution in [3.05, 3.63) is 78.1 Å². The predicted molar refractivity (Wildman–Crippen MR) is 90.8 cm³/mol. The maximum absolute atomic E-state index is 14.1. The molecule has 3 nitrogen and oxygen atoms in total. The molecule has 0 saturated heterocycles. The number of hydrogen-bond donors (Lipinski definition) is 1. The summed E-state index contributed by atoms with van der Waals surface area (Å²) in [4.78, 5) is 0. The van der Waals surface area contributed by atoms with Crippen molar-refractivity contribution in [1.82, 2.24) is 0 Å². The molecule has 3 rings (SSSR count). The second-order valence-electron chi connectivity index (χ2n) is 5.30. The van der Waals surface area contributed by atoms with E-state index in [1.165, 1.54) is 19.2 Å². The summed E-state index contributed by atoms with van der Waals surface area (Å²) in [5, 5.41) is 9.34. The van der Waals surface area contributed by atoms with E-state index in [4.69, 9.17) is 9.47 Å². The number of benzene rings is 3. The quantitative estimate of drug-likeness (QED) is 0.733. The van der Waals surface area contributed by atoms with Crippen molar-refractivity contribution in [2.24, 2.45) is 0 Å². The van der Waals surface area contributed by atoms with Crippen LogP contribution in [0.4, 0.5) is 4.39 Å². The van der Waals surface area contributed by atoms with Gasteiger partial charge in [0.2, 0.25) is 0 Å². The summed E-state index contributed by atoms with van der Waals surface area (Å²) in [6.45, 7) is 0.441. The van der Waals surface area contributed by atoms with Crippen molar-refractivity contribution in [2.45, 2.75) is 6.61 Å². The normalized spacial score (nSPS) is 10.4. The Morgan fingerprint density at radius 1 is 0.917 bits per heavy atom. The minimum absolute atomic E-state index is 0.113. The Hall–Kier alpha value is -3.01. The molecule has 3 aromatic carbocycles. The molecule has 122 valence electrons. The molecule has 0 heterocycles. The molecule has 0 bridgehead atoms. The monoisotopic (exact) mass is 324 g/mol. The molecule has 0 aromatic heterocycles. The molecule has 0 aliphatic heterocycles. The van der Waals surface area contributed by atoms with Crippen LogP contribution in [0.15, 0.2) is 66.7 Å². The third-order valence-corrected chi connectivity index (χ3v) is 3.66. The van der Waals surface area contributed by atoms with Crippen molar-refractivity contribution in [1.29, 1.82) is 0 Å². The van der Waals surface area contributed by atoms with Crippen LogP contribution >= 0.6 is 0 Å². The van der Waals surface area contributed by atoms with E-state index in [0.717, 1.165) is 11.6 Å². The van der Waals surface area contributed by atoms with Gasteiger partial charge in [-0.2, -0.15) is 0 Å². The summed E-state index contributed by atoms with van der Waals surface area (Å²) >= 11 is 0. The molecule has 0 atom stereocenters. The van der Waals surface area contributed by atoms with Gasteiger partial charge < -0.3 is 14.6 Å². The van der Waals surface area contributed by atoms with Gasteiger partial charge in [0.15, 0.2) is 0 Å². The lowest BCUT2D eigenvalue weighted by Gasteiger charge is -2.13. The van der Waals surface area contributed by atoms with Crippen molar-refractivity contribution in [3.8, 4) is 28.4 Å². The fourth-order valence-corrected chi connectivity index (χ4v) is 2.45. The van der Waals surface area contributed by atoms with Gasteiger partial charge in [-0.1, -0.05) is 30.3 Å². The molecular formula is C20H17FO3. The third kappa shape index (κ3) is 3.49. The van der Waals surface area contributed by atoms with Crippen LogP contribution in [0.5, 0.6) is 17.2 Å². The third-order valence-electron chi connectivity index (χ3n) is 3.66. The van der Waals surface area contributed by atoms with E-state index < -0.39 is 5.82 Å². The summed E-state index contributed by atoms with van der Waals surface area (Å²) in [5.74, 6) is 0.521. The zero-order valence-corrected chi connectivity index (χ0v) is 13.2. The van der Waals surface area contributed by atoms with Crippen molar-refractivity contribution >= 4 is 0 Å². The lowest BCUT2D eigenvalue weighted by Crippen LogP contribution is -1.97. The molecule has 4 heteroatoms. The first kappa shape index (κ1) is 15.9. The van der Waals surface area contributed by atoms with Gasteiger partial charge in [-0.05, 0) is 29.8 Å². The highest BCUT2D eigenvalue weighted by Crippen LogP contribution is 2.35. The van der Waals surface area contributed by atoms with E-state index in [0.29, 0.717) is 29.2 Å². The first-order valence-corrected chi connectivity index (χ1v) is 7.51. The summed E-state index contributed by atoms with van der Waals surface area (Å²) in [5.41, 5.74) is 2.02. The summed E-state index contributed by atoms with van der Waals surface area (Å²) in [6.07, 6.45) is 0. The second-order valence-corrected chi connectivity index (χ2v) is 5.30. The molecule has 0 amide bonds. The second kappa shape index (κ2) is 7.04. The van der Waals surface area contributed by atoms with Crippen LogP contribution in [0.3, 0.4) is 0 Å². The number of ether oxygens (including phenoxy) is 2. The average molecular weight is 324 g/mol. The molecule has 0 unspecified atom stereocenters. The van der Waals surface area contributed by atoms with Crippen LogP contribution in [0, 0.1) is 5.82 Å². The number of aromatic hydroxyl groups is 1. The van der Waals surface area contributed by atoms with Gasteiger partial charge in [0.05, 0.1) is 7.11 Å². The van der Waals surface area contributed by atoms with E-state index in [-0.39, 0.29) is 5.75 Å². The minimum Gasteiger partial charge on any atom is -0.508 e. The maximum atomic E-state index is 14.1. The van der Waals surface area contributed by atoms with Gasteiger partial charge in [0, 0.05) is 23.3 Å². The van der Waals surface area contributed by atoms with Gasteiger partial charge in [-0.25, -0.2) is 4.39 Å². The van der Waals surface area contributed by atoms with Gasteiger partial charge in [0.1, 0.15) is 29.7 Å². The lowest BCUT2D eigenvalue weighted by molar-refractivity contribution is 0.304. The van der Waals surface area contributed by atoms with Gasteiger partial charge in [-0.15, -0.1) is 0 Å². The first-order chi connectivity index (χ1) is 11.7. The van der Waals surface area contributed by atoms with Crippen LogP contribution < -0.4 is 9.47 Å². The zero-order chi connectivity index (χ0) is 16.9. The van der Waals surface area contributed by atoms with Gasteiger partial charge >= 0.3 is 0 Å². The van der Waals surface area contributed by atoms with Crippen LogP contribution in [-0.4, -0.2) is 12.2 Å². The summed E-state index contributed by atoms with van der Waals surface area (Å²) < 4.78 is 25.2. The van der Waals surface area contributed by atoms with Crippen LogP contribution in [0.1, 0.15) is 5.56 Å². The Labute approximate surface area is 139 Å². The average Bonchev–Trinajstić information content (AvgIpc) is 2.61. The smallest absolute Gasteiger partial charge is 0.134 e. The molecule has 24 heavy (non-hydrogen) atoms. The van der Waals surface area contributed by atoms with Crippen molar-refractivity contribution in [3.63, 3.8) is 0 Å². The van der Waals surface area contributed by atoms with Crippen molar-refractivity contribution < 1.29 is 19.0 Å². The number of phenols is 1. The van der Waals surface area contributed by atoms with E-state index in [2.05, 4.69) is 0 Å². The lowest BCUT2D eigenvalue weighted by atomic mass is 10.0. The number of rotatable bonds is 5. The number of phenolic OH excluding ortho intramolecular Hbond substituents is 1.